The molecular weight excluding hydrogens is 389 g/mol. The van der Waals surface area contributed by atoms with Crippen molar-refractivity contribution >= 4 is 23.0 Å². The van der Waals surface area contributed by atoms with Gasteiger partial charge in [0.05, 0.1) is 30.2 Å². The molecule has 5 atom stereocenters. The van der Waals surface area contributed by atoms with E-state index >= 15 is 0 Å². The molecule has 29 heavy (non-hydrogen) atoms. The number of nitrogens with zero attached hydrogens (tertiary/aromatic N) is 1. The van der Waals surface area contributed by atoms with E-state index in [1.54, 1.807) is 0 Å². The molecule has 2 rings (SSSR count). The smallest absolute Gasteiger partial charge is 0.181 e. The van der Waals surface area contributed by atoms with E-state index in [1.165, 1.54) is 18.2 Å². The van der Waals surface area contributed by atoms with E-state index in [0.717, 1.165) is 0 Å². The van der Waals surface area contributed by atoms with Crippen LogP contribution in [0.5, 0.6) is 0 Å². The molecule has 10 heteroatoms. The number of rotatable bonds is 10. The van der Waals surface area contributed by atoms with Gasteiger partial charge in [0, 0.05) is 25.2 Å². The Morgan fingerprint density at radius 3 is 2.41 bits per heavy atom. The number of aliphatic hydroxyl groups excluding tert-OH is 6. The van der Waals surface area contributed by atoms with Crippen molar-refractivity contribution in [2.45, 2.75) is 43.7 Å². The van der Waals surface area contributed by atoms with Crippen molar-refractivity contribution in [2.24, 2.45) is 10.9 Å². The number of halogens is 1. The summed E-state index contributed by atoms with van der Waals surface area (Å²) in [6.07, 6.45) is -8.02. The number of aliphatic hydroxyl groups is 6. The molecule has 6 N–H and O–H groups in total. The van der Waals surface area contributed by atoms with Gasteiger partial charge in [0.1, 0.15) is 24.6 Å². The van der Waals surface area contributed by atoms with E-state index in [2.05, 4.69) is 4.99 Å². The van der Waals surface area contributed by atoms with Gasteiger partial charge in [-0.15, -0.1) is 0 Å². The molecule has 0 aliphatic carbocycles. The van der Waals surface area contributed by atoms with Crippen LogP contribution >= 0.6 is 0 Å². The van der Waals surface area contributed by atoms with E-state index in [9.17, 15) is 34.4 Å². The lowest BCUT2D eigenvalue weighted by molar-refractivity contribution is -0.133. The average molecular weight is 413 g/mol. The number of fused-ring (bicyclic) bond motifs is 1. The SMILES string of the molecule is O=C(CO)C[C@@H](C(O)[C@H](O)[C@H](O)CO)[C@H](O)CC1=Nc2ccc(F)cc2CC1=O. The fraction of sp³-hybridized carbons (Fsp3) is 0.526. The number of Topliss-reactive ketones (excluding diaryl/α,β-unsaturated/α-hetero) is 2. The molecule has 0 bridgehead atoms. The zero-order valence-electron chi connectivity index (χ0n) is 15.5. The molecule has 0 fully saturated rings. The van der Waals surface area contributed by atoms with E-state index in [1.807, 2.05) is 0 Å². The molecule has 0 aromatic heterocycles. The van der Waals surface area contributed by atoms with Gasteiger partial charge in [-0.2, -0.15) is 0 Å². The summed E-state index contributed by atoms with van der Waals surface area (Å²) in [6, 6.07) is 3.74. The van der Waals surface area contributed by atoms with E-state index in [4.69, 9.17) is 10.2 Å². The highest BCUT2D eigenvalue weighted by molar-refractivity contribution is 6.41. The number of carbonyl (C=O) groups excluding carboxylic acids is 2. The number of benzene rings is 1. The van der Waals surface area contributed by atoms with Crippen LogP contribution in [-0.2, 0) is 16.0 Å². The summed E-state index contributed by atoms with van der Waals surface area (Å²) < 4.78 is 13.3. The van der Waals surface area contributed by atoms with Crippen LogP contribution in [0.15, 0.2) is 23.2 Å². The van der Waals surface area contributed by atoms with Crippen LogP contribution in [0.1, 0.15) is 18.4 Å². The first-order chi connectivity index (χ1) is 13.7. The Labute approximate surface area is 165 Å². The lowest BCUT2D eigenvalue weighted by Gasteiger charge is -2.32. The zero-order valence-corrected chi connectivity index (χ0v) is 15.5. The predicted molar refractivity (Wildman–Crippen MR) is 98.1 cm³/mol. The quantitative estimate of drug-likeness (QED) is 0.267. The van der Waals surface area contributed by atoms with Gasteiger partial charge in [-0.25, -0.2) is 9.38 Å². The van der Waals surface area contributed by atoms with Crippen LogP contribution in [0.2, 0.25) is 0 Å². The van der Waals surface area contributed by atoms with Gasteiger partial charge in [0.25, 0.3) is 0 Å². The Kier molecular flexibility index (Phi) is 8.08. The second-order valence-electron chi connectivity index (χ2n) is 7.00. The predicted octanol–water partition coefficient (Wildman–Crippen LogP) is -1.58. The maximum Gasteiger partial charge on any atom is 0.181 e. The molecule has 0 saturated heterocycles. The monoisotopic (exact) mass is 413 g/mol. The van der Waals surface area contributed by atoms with Crippen molar-refractivity contribution in [1.29, 1.82) is 0 Å². The summed E-state index contributed by atoms with van der Waals surface area (Å²) in [7, 11) is 0. The summed E-state index contributed by atoms with van der Waals surface area (Å²) >= 11 is 0. The van der Waals surface area contributed by atoms with Crippen molar-refractivity contribution in [1.82, 2.24) is 0 Å². The van der Waals surface area contributed by atoms with Crippen LogP contribution in [0, 0.1) is 11.7 Å². The fourth-order valence-corrected chi connectivity index (χ4v) is 3.20. The lowest BCUT2D eigenvalue weighted by Crippen LogP contribution is -2.48. The molecule has 1 heterocycles. The Bertz CT molecular complexity index is 783. The Morgan fingerprint density at radius 1 is 1.10 bits per heavy atom. The second kappa shape index (κ2) is 10.1. The molecule has 160 valence electrons. The number of aliphatic imine (C=N–C) groups is 1. The van der Waals surface area contributed by atoms with Crippen LogP contribution in [0.3, 0.4) is 0 Å². The summed E-state index contributed by atoms with van der Waals surface area (Å²) in [4.78, 5) is 28.1. The molecule has 1 aromatic carbocycles. The van der Waals surface area contributed by atoms with Crippen molar-refractivity contribution in [3.05, 3.63) is 29.6 Å². The highest BCUT2D eigenvalue weighted by Crippen LogP contribution is 2.28. The van der Waals surface area contributed by atoms with Crippen molar-refractivity contribution < 1.29 is 44.6 Å². The first-order valence-electron chi connectivity index (χ1n) is 9.02. The van der Waals surface area contributed by atoms with Crippen LogP contribution in [-0.4, -0.2) is 85.5 Å². The molecule has 0 amide bonds. The van der Waals surface area contributed by atoms with E-state index < -0.39 is 67.4 Å². The summed E-state index contributed by atoms with van der Waals surface area (Å²) in [6.45, 7) is -1.74. The first kappa shape index (κ1) is 23.2. The molecule has 0 radical (unpaired) electrons. The zero-order chi connectivity index (χ0) is 21.7. The molecule has 1 aliphatic heterocycles. The second-order valence-corrected chi connectivity index (χ2v) is 7.00. The van der Waals surface area contributed by atoms with E-state index in [-0.39, 0.29) is 18.6 Å². The Morgan fingerprint density at radius 2 is 1.79 bits per heavy atom. The molecule has 0 spiro atoms. The fourth-order valence-electron chi connectivity index (χ4n) is 3.20. The minimum atomic E-state index is -1.88. The van der Waals surface area contributed by atoms with Gasteiger partial charge in [0.15, 0.2) is 11.6 Å². The number of hydrogen-bond donors (Lipinski definition) is 6. The minimum Gasteiger partial charge on any atom is -0.394 e. The maximum atomic E-state index is 13.3. The third-order valence-electron chi connectivity index (χ3n) is 4.88. The summed E-state index contributed by atoms with van der Waals surface area (Å²) in [5.41, 5.74) is 0.691. The highest BCUT2D eigenvalue weighted by Gasteiger charge is 2.37. The van der Waals surface area contributed by atoms with Crippen LogP contribution < -0.4 is 0 Å². The molecule has 1 aromatic rings. The molecule has 9 nitrogen and oxygen atoms in total. The van der Waals surface area contributed by atoms with Crippen molar-refractivity contribution in [3.8, 4) is 0 Å². The molecule has 0 saturated carbocycles. The van der Waals surface area contributed by atoms with E-state index in [0.29, 0.717) is 11.3 Å². The number of hydrogen-bond acceptors (Lipinski definition) is 9. The van der Waals surface area contributed by atoms with Crippen LogP contribution in [0.25, 0.3) is 0 Å². The van der Waals surface area contributed by atoms with Gasteiger partial charge in [-0.05, 0) is 23.8 Å². The average Bonchev–Trinajstić information content (AvgIpc) is 2.70. The maximum absolute atomic E-state index is 13.3. The number of carbonyl (C=O) groups is 2. The molecular formula is C19H24FNO8. The van der Waals surface area contributed by atoms with Gasteiger partial charge < -0.3 is 30.6 Å². The number of ketones is 2. The minimum absolute atomic E-state index is 0.0533. The van der Waals surface area contributed by atoms with Crippen molar-refractivity contribution in [3.63, 3.8) is 0 Å². The lowest BCUT2D eigenvalue weighted by atomic mass is 9.83. The Balaban J connectivity index is 2.24. The standard InChI is InChI=1S/C19H24FNO8/c20-10-1-2-13-9(3-10)4-16(26)14(21-13)6-15(25)12(5-11(24)7-22)18(28)19(29)17(27)8-23/h1-3,12,15,17-19,22-23,25,27-29H,4-8H2/t12-,15-,17-,18?,19-/m1/s1. The van der Waals surface area contributed by atoms with Crippen molar-refractivity contribution in [2.75, 3.05) is 13.2 Å². The van der Waals surface area contributed by atoms with Gasteiger partial charge in [-0.1, -0.05) is 0 Å². The normalized spacial score (nSPS) is 19.0. The first-order valence-corrected chi connectivity index (χ1v) is 9.02. The third-order valence-corrected chi connectivity index (χ3v) is 4.88. The Hall–Kier alpha value is -2.08. The van der Waals surface area contributed by atoms with Gasteiger partial charge in [-0.3, -0.25) is 9.59 Å². The summed E-state index contributed by atoms with van der Waals surface area (Å²) in [5.74, 6) is -3.08. The topological polar surface area (TPSA) is 168 Å². The molecule has 1 aliphatic rings. The third kappa shape index (κ3) is 5.72. The highest BCUT2D eigenvalue weighted by atomic mass is 19.1. The van der Waals surface area contributed by atoms with Crippen LogP contribution in [0.4, 0.5) is 10.1 Å². The van der Waals surface area contributed by atoms with Gasteiger partial charge in [0.2, 0.25) is 0 Å². The largest absolute Gasteiger partial charge is 0.394 e. The molecule has 1 unspecified atom stereocenters. The van der Waals surface area contributed by atoms with Gasteiger partial charge >= 0.3 is 0 Å². The summed E-state index contributed by atoms with van der Waals surface area (Å²) in [5, 5.41) is 58.2.